The smallest absolute Gasteiger partial charge is 0.176 e. The van der Waals surface area contributed by atoms with Crippen LogP contribution in [0.25, 0.3) is 0 Å². The zero-order valence-corrected chi connectivity index (χ0v) is 9.67. The molecule has 0 aliphatic heterocycles. The van der Waals surface area contributed by atoms with Gasteiger partial charge in [0.1, 0.15) is 6.29 Å². The van der Waals surface area contributed by atoms with E-state index in [0.29, 0.717) is 11.1 Å². The predicted octanol–water partition coefficient (Wildman–Crippen LogP) is 2.77. The Morgan fingerprint density at radius 3 is 2.57 bits per heavy atom. The lowest BCUT2D eigenvalue weighted by Crippen LogP contribution is -2.11. The van der Waals surface area contributed by atoms with Crippen LogP contribution in [-0.4, -0.2) is 16.9 Å². The molecule has 2 nitrogen and oxygen atoms in total. The lowest BCUT2D eigenvalue weighted by molar-refractivity contribution is 0.0994. The van der Waals surface area contributed by atoms with Gasteiger partial charge in [0.05, 0.1) is 4.83 Å². The molecule has 0 amide bonds. The van der Waals surface area contributed by atoms with Crippen molar-refractivity contribution in [2.75, 3.05) is 0 Å². The van der Waals surface area contributed by atoms with Crippen molar-refractivity contribution in [1.82, 2.24) is 0 Å². The molecule has 14 heavy (non-hydrogen) atoms. The zero-order chi connectivity index (χ0) is 10.7. The maximum absolute atomic E-state index is 11.6. The van der Waals surface area contributed by atoms with Crippen molar-refractivity contribution in [3.05, 3.63) is 34.9 Å². The highest BCUT2D eigenvalue weighted by Crippen LogP contribution is 2.15. The molecule has 1 atom stereocenters. The summed E-state index contributed by atoms with van der Waals surface area (Å²) >= 11 is 3.23. The van der Waals surface area contributed by atoms with Crippen molar-refractivity contribution in [1.29, 1.82) is 0 Å². The number of hydrogen-bond donors (Lipinski definition) is 0. The Labute approximate surface area is 91.4 Å². The third-order valence-corrected chi connectivity index (χ3v) is 2.43. The highest BCUT2D eigenvalue weighted by Gasteiger charge is 2.13. The molecule has 0 saturated heterocycles. The molecule has 74 valence electrons. The van der Waals surface area contributed by atoms with E-state index in [-0.39, 0.29) is 10.6 Å². The fourth-order valence-corrected chi connectivity index (χ4v) is 1.50. The highest BCUT2D eigenvalue weighted by molar-refractivity contribution is 9.10. The number of benzene rings is 1. The van der Waals surface area contributed by atoms with E-state index in [0.717, 1.165) is 11.8 Å². The number of aldehydes is 1. The monoisotopic (exact) mass is 254 g/mol. The minimum atomic E-state index is -0.191. The van der Waals surface area contributed by atoms with Crippen LogP contribution in [0, 0.1) is 6.92 Å². The molecule has 0 fully saturated rings. The van der Waals surface area contributed by atoms with Crippen molar-refractivity contribution in [2.45, 2.75) is 18.7 Å². The first-order chi connectivity index (χ1) is 6.56. The second-order valence-electron chi connectivity index (χ2n) is 3.17. The van der Waals surface area contributed by atoms with E-state index in [1.165, 1.54) is 0 Å². The molecule has 0 aromatic heterocycles. The van der Waals surface area contributed by atoms with Gasteiger partial charge < -0.3 is 0 Å². The molecule has 1 rings (SSSR count). The quantitative estimate of drug-likeness (QED) is 0.472. The topological polar surface area (TPSA) is 34.1 Å². The van der Waals surface area contributed by atoms with E-state index >= 15 is 0 Å². The van der Waals surface area contributed by atoms with Crippen LogP contribution < -0.4 is 0 Å². The van der Waals surface area contributed by atoms with E-state index in [9.17, 15) is 9.59 Å². The average molecular weight is 255 g/mol. The van der Waals surface area contributed by atoms with Gasteiger partial charge in [-0.1, -0.05) is 28.1 Å². The van der Waals surface area contributed by atoms with Gasteiger partial charge in [-0.05, 0) is 25.5 Å². The SMILES string of the molecule is Cc1cc(C=O)ccc1C(=O)C(C)Br. The van der Waals surface area contributed by atoms with Gasteiger partial charge >= 0.3 is 0 Å². The number of carbonyl (C=O) groups excluding carboxylic acids is 2. The number of halogens is 1. The molecular formula is C11H11BrO2. The Morgan fingerprint density at radius 1 is 1.50 bits per heavy atom. The molecule has 0 N–H and O–H groups in total. The summed E-state index contributed by atoms with van der Waals surface area (Å²) < 4.78 is 0. The summed E-state index contributed by atoms with van der Waals surface area (Å²) in [5, 5.41) is 0. The second-order valence-corrected chi connectivity index (χ2v) is 4.55. The van der Waals surface area contributed by atoms with Crippen LogP contribution in [0.1, 0.15) is 33.2 Å². The van der Waals surface area contributed by atoms with E-state index in [2.05, 4.69) is 15.9 Å². The first kappa shape index (κ1) is 11.1. The number of aryl methyl sites for hydroxylation is 1. The van der Waals surface area contributed by atoms with Crippen LogP contribution in [0.15, 0.2) is 18.2 Å². The van der Waals surface area contributed by atoms with Crippen LogP contribution in [-0.2, 0) is 0 Å². The second kappa shape index (κ2) is 4.51. The molecular weight excluding hydrogens is 244 g/mol. The highest BCUT2D eigenvalue weighted by atomic mass is 79.9. The average Bonchev–Trinajstić information content (AvgIpc) is 2.16. The summed E-state index contributed by atoms with van der Waals surface area (Å²) in [4.78, 5) is 21.9. The Balaban J connectivity index is 3.12. The van der Waals surface area contributed by atoms with Gasteiger partial charge in [0, 0.05) is 11.1 Å². The molecule has 0 aliphatic rings. The third-order valence-electron chi connectivity index (χ3n) is 2.01. The van der Waals surface area contributed by atoms with Gasteiger partial charge in [-0.25, -0.2) is 0 Å². The normalized spacial score (nSPS) is 12.2. The van der Waals surface area contributed by atoms with Gasteiger partial charge in [-0.3, -0.25) is 9.59 Å². The minimum Gasteiger partial charge on any atom is -0.298 e. The molecule has 1 aromatic carbocycles. The summed E-state index contributed by atoms with van der Waals surface area (Å²) in [6.07, 6.45) is 0.777. The van der Waals surface area contributed by atoms with E-state index in [1.54, 1.807) is 25.1 Å². The van der Waals surface area contributed by atoms with Crippen molar-refractivity contribution < 1.29 is 9.59 Å². The largest absolute Gasteiger partial charge is 0.298 e. The molecule has 3 heteroatoms. The number of rotatable bonds is 3. The molecule has 0 heterocycles. The zero-order valence-electron chi connectivity index (χ0n) is 8.08. The van der Waals surface area contributed by atoms with Gasteiger partial charge in [-0.2, -0.15) is 0 Å². The number of hydrogen-bond acceptors (Lipinski definition) is 2. The molecule has 0 radical (unpaired) electrons. The first-order valence-electron chi connectivity index (χ1n) is 4.30. The summed E-state index contributed by atoms with van der Waals surface area (Å²) in [6.45, 7) is 3.62. The lowest BCUT2D eigenvalue weighted by atomic mass is 10.0. The van der Waals surface area contributed by atoms with Crippen LogP contribution in [0.3, 0.4) is 0 Å². The fraction of sp³-hybridized carbons (Fsp3) is 0.273. The van der Waals surface area contributed by atoms with E-state index in [1.807, 2.05) is 6.92 Å². The maximum Gasteiger partial charge on any atom is 0.176 e. The number of alkyl halides is 1. The number of Topliss-reactive ketones (excluding diaryl/α,β-unsaturated/α-hetero) is 1. The van der Waals surface area contributed by atoms with E-state index < -0.39 is 0 Å². The van der Waals surface area contributed by atoms with Gasteiger partial charge in [-0.15, -0.1) is 0 Å². The minimum absolute atomic E-state index is 0.0416. The maximum atomic E-state index is 11.6. The van der Waals surface area contributed by atoms with Gasteiger partial charge in [0.2, 0.25) is 0 Å². The Hall–Kier alpha value is -0.960. The lowest BCUT2D eigenvalue weighted by Gasteiger charge is -2.06. The van der Waals surface area contributed by atoms with Crippen molar-refractivity contribution >= 4 is 28.0 Å². The van der Waals surface area contributed by atoms with Crippen LogP contribution >= 0.6 is 15.9 Å². The predicted molar refractivity (Wildman–Crippen MR) is 59.3 cm³/mol. The Kier molecular flexibility index (Phi) is 3.58. The molecule has 1 unspecified atom stereocenters. The van der Waals surface area contributed by atoms with Crippen LogP contribution in [0.5, 0.6) is 0 Å². The molecule has 0 bridgehead atoms. The Morgan fingerprint density at radius 2 is 2.14 bits per heavy atom. The van der Waals surface area contributed by atoms with Crippen LogP contribution in [0.4, 0.5) is 0 Å². The number of carbonyl (C=O) groups is 2. The molecule has 0 saturated carbocycles. The number of ketones is 1. The third kappa shape index (κ3) is 2.29. The van der Waals surface area contributed by atoms with Gasteiger partial charge in [0.25, 0.3) is 0 Å². The summed E-state index contributed by atoms with van der Waals surface area (Å²) in [7, 11) is 0. The van der Waals surface area contributed by atoms with Crippen molar-refractivity contribution in [2.24, 2.45) is 0 Å². The van der Waals surface area contributed by atoms with Crippen molar-refractivity contribution in [3.8, 4) is 0 Å². The molecule has 0 spiro atoms. The van der Waals surface area contributed by atoms with E-state index in [4.69, 9.17) is 0 Å². The molecule has 1 aromatic rings. The van der Waals surface area contributed by atoms with Gasteiger partial charge in [0.15, 0.2) is 5.78 Å². The standard InChI is InChI=1S/C11H11BrO2/c1-7-5-9(6-13)3-4-10(7)11(14)8(2)12/h3-6,8H,1-2H3. The summed E-state index contributed by atoms with van der Waals surface area (Å²) in [5.74, 6) is 0.0416. The first-order valence-corrected chi connectivity index (χ1v) is 5.22. The fourth-order valence-electron chi connectivity index (χ4n) is 1.25. The van der Waals surface area contributed by atoms with Crippen molar-refractivity contribution in [3.63, 3.8) is 0 Å². The summed E-state index contributed by atoms with van der Waals surface area (Å²) in [5.41, 5.74) is 2.10. The Bertz CT molecular complexity index is 370. The molecule has 0 aliphatic carbocycles. The summed E-state index contributed by atoms with van der Waals surface area (Å²) in [6, 6.07) is 5.07. The van der Waals surface area contributed by atoms with Crippen LogP contribution in [0.2, 0.25) is 0 Å².